The molecule has 1 N–H and O–H groups in total. The fraction of sp³-hybridized carbons (Fsp3) is 0.294. The summed E-state index contributed by atoms with van der Waals surface area (Å²) in [6.07, 6.45) is 0. The Bertz CT molecular complexity index is 599. The molecule has 0 unspecified atom stereocenters. The van der Waals surface area contributed by atoms with Crippen molar-refractivity contribution in [1.82, 2.24) is 4.90 Å². The van der Waals surface area contributed by atoms with Crippen molar-refractivity contribution in [2.75, 3.05) is 26.5 Å². The second kappa shape index (κ2) is 7.48. The monoisotopic (exact) mass is 348 g/mol. The summed E-state index contributed by atoms with van der Waals surface area (Å²) in [5.74, 6) is 0.898. The summed E-state index contributed by atoms with van der Waals surface area (Å²) in [7, 11) is 5.85. The molecule has 0 saturated carbocycles. The van der Waals surface area contributed by atoms with E-state index in [1.165, 1.54) is 5.56 Å². The number of nitrogens with zero attached hydrogens (tertiary/aromatic N) is 1. The lowest BCUT2D eigenvalue weighted by atomic mass is 10.1. The van der Waals surface area contributed by atoms with E-state index in [1.54, 1.807) is 7.11 Å². The molecule has 0 aromatic heterocycles. The van der Waals surface area contributed by atoms with Gasteiger partial charge in [0.1, 0.15) is 5.75 Å². The summed E-state index contributed by atoms with van der Waals surface area (Å²) < 4.78 is 6.45. The first-order valence-electron chi connectivity index (χ1n) is 6.88. The standard InChI is InChI=1S/C17H21BrN2O/c1-20(2)12-13-5-4-6-16(9-13)19-11-14-10-15(18)7-8-17(14)21-3/h4-10,19H,11-12H2,1-3H3. The maximum Gasteiger partial charge on any atom is 0.123 e. The van der Waals surface area contributed by atoms with E-state index >= 15 is 0 Å². The fourth-order valence-corrected chi connectivity index (χ4v) is 2.64. The van der Waals surface area contributed by atoms with Gasteiger partial charge in [0.25, 0.3) is 0 Å². The van der Waals surface area contributed by atoms with E-state index in [1.807, 2.05) is 12.1 Å². The Kier molecular flexibility index (Phi) is 5.65. The summed E-state index contributed by atoms with van der Waals surface area (Å²) in [6, 6.07) is 14.5. The summed E-state index contributed by atoms with van der Waals surface area (Å²) in [5, 5.41) is 3.46. The molecule has 2 aromatic rings. The Balaban J connectivity index is 2.07. The highest BCUT2D eigenvalue weighted by Crippen LogP contribution is 2.24. The van der Waals surface area contributed by atoms with Crippen LogP contribution in [-0.2, 0) is 13.1 Å². The maximum absolute atomic E-state index is 5.40. The highest BCUT2D eigenvalue weighted by Gasteiger charge is 2.04. The lowest BCUT2D eigenvalue weighted by Crippen LogP contribution is -2.10. The molecule has 0 aliphatic heterocycles. The minimum absolute atomic E-state index is 0.730. The molecule has 0 bridgehead atoms. The number of halogens is 1. The molecule has 0 spiro atoms. The molecular weight excluding hydrogens is 328 g/mol. The van der Waals surface area contributed by atoms with E-state index in [4.69, 9.17) is 4.74 Å². The minimum Gasteiger partial charge on any atom is -0.496 e. The van der Waals surface area contributed by atoms with E-state index in [-0.39, 0.29) is 0 Å². The molecule has 0 atom stereocenters. The normalized spacial score (nSPS) is 10.7. The third-order valence-electron chi connectivity index (χ3n) is 3.15. The number of hydrogen-bond acceptors (Lipinski definition) is 3. The van der Waals surface area contributed by atoms with Gasteiger partial charge in [0.2, 0.25) is 0 Å². The number of benzene rings is 2. The lowest BCUT2D eigenvalue weighted by Gasteiger charge is -2.13. The maximum atomic E-state index is 5.40. The van der Waals surface area contributed by atoms with Crippen molar-refractivity contribution in [1.29, 1.82) is 0 Å². The molecule has 0 saturated heterocycles. The largest absolute Gasteiger partial charge is 0.496 e. The summed E-state index contributed by atoms with van der Waals surface area (Å²) in [5.41, 5.74) is 3.55. The van der Waals surface area contributed by atoms with Crippen molar-refractivity contribution < 1.29 is 4.74 Å². The Morgan fingerprint density at radius 2 is 1.95 bits per heavy atom. The Morgan fingerprint density at radius 3 is 2.67 bits per heavy atom. The van der Waals surface area contributed by atoms with Crippen LogP contribution in [0.4, 0.5) is 5.69 Å². The number of nitrogens with one attached hydrogen (secondary N) is 1. The van der Waals surface area contributed by atoms with Crippen LogP contribution in [0.1, 0.15) is 11.1 Å². The van der Waals surface area contributed by atoms with Crippen LogP contribution in [0.5, 0.6) is 5.75 Å². The van der Waals surface area contributed by atoms with Gasteiger partial charge in [0.05, 0.1) is 7.11 Å². The van der Waals surface area contributed by atoms with Crippen molar-refractivity contribution in [2.24, 2.45) is 0 Å². The molecule has 21 heavy (non-hydrogen) atoms. The van der Waals surface area contributed by atoms with Crippen LogP contribution in [0.2, 0.25) is 0 Å². The zero-order valence-corrected chi connectivity index (χ0v) is 14.3. The molecule has 0 fully saturated rings. The fourth-order valence-electron chi connectivity index (χ4n) is 2.23. The Labute approximate surface area is 135 Å². The van der Waals surface area contributed by atoms with Crippen molar-refractivity contribution >= 4 is 21.6 Å². The molecule has 3 nitrogen and oxygen atoms in total. The first-order valence-corrected chi connectivity index (χ1v) is 7.68. The van der Waals surface area contributed by atoms with Crippen molar-refractivity contribution in [3.8, 4) is 5.75 Å². The first kappa shape index (κ1) is 15.9. The molecule has 112 valence electrons. The predicted octanol–water partition coefficient (Wildman–Crippen LogP) is 4.13. The number of ether oxygens (including phenoxy) is 1. The quantitative estimate of drug-likeness (QED) is 0.849. The molecule has 0 radical (unpaired) electrons. The smallest absolute Gasteiger partial charge is 0.123 e. The first-order chi connectivity index (χ1) is 10.1. The van der Waals surface area contributed by atoms with E-state index in [9.17, 15) is 0 Å². The number of anilines is 1. The van der Waals surface area contributed by atoms with Gasteiger partial charge in [-0.15, -0.1) is 0 Å². The van der Waals surface area contributed by atoms with Gasteiger partial charge >= 0.3 is 0 Å². The van der Waals surface area contributed by atoms with Crippen LogP contribution in [-0.4, -0.2) is 26.1 Å². The van der Waals surface area contributed by atoms with E-state index in [2.05, 4.69) is 70.6 Å². The molecule has 0 aliphatic carbocycles. The van der Waals surface area contributed by atoms with Crippen molar-refractivity contribution in [2.45, 2.75) is 13.1 Å². The van der Waals surface area contributed by atoms with Crippen molar-refractivity contribution in [3.63, 3.8) is 0 Å². The minimum atomic E-state index is 0.730. The lowest BCUT2D eigenvalue weighted by molar-refractivity contribution is 0.402. The number of rotatable bonds is 6. The highest BCUT2D eigenvalue weighted by molar-refractivity contribution is 9.10. The van der Waals surface area contributed by atoms with E-state index < -0.39 is 0 Å². The Morgan fingerprint density at radius 1 is 1.14 bits per heavy atom. The van der Waals surface area contributed by atoms with Gasteiger partial charge in [-0.25, -0.2) is 0 Å². The molecular formula is C17H21BrN2O. The summed E-state index contributed by atoms with van der Waals surface area (Å²) >= 11 is 3.50. The van der Waals surface area contributed by atoms with Crippen LogP contribution >= 0.6 is 15.9 Å². The summed E-state index contributed by atoms with van der Waals surface area (Å²) in [4.78, 5) is 2.16. The van der Waals surface area contributed by atoms with Crippen LogP contribution in [0.15, 0.2) is 46.9 Å². The zero-order valence-electron chi connectivity index (χ0n) is 12.7. The topological polar surface area (TPSA) is 24.5 Å². The van der Waals surface area contributed by atoms with Crippen LogP contribution in [0.25, 0.3) is 0 Å². The van der Waals surface area contributed by atoms with Gasteiger partial charge in [-0.05, 0) is 50.0 Å². The number of methoxy groups -OCH3 is 1. The molecule has 0 heterocycles. The van der Waals surface area contributed by atoms with Crippen molar-refractivity contribution in [3.05, 3.63) is 58.1 Å². The van der Waals surface area contributed by atoms with Gasteiger partial charge in [0.15, 0.2) is 0 Å². The average Bonchev–Trinajstić information content (AvgIpc) is 2.45. The third kappa shape index (κ3) is 4.76. The van der Waals surface area contributed by atoms with Gasteiger partial charge in [-0.2, -0.15) is 0 Å². The second-order valence-corrected chi connectivity index (χ2v) is 6.16. The van der Waals surface area contributed by atoms with Gasteiger partial charge in [-0.3, -0.25) is 0 Å². The molecule has 2 rings (SSSR count). The van der Waals surface area contributed by atoms with Gasteiger partial charge in [-0.1, -0.05) is 28.1 Å². The second-order valence-electron chi connectivity index (χ2n) is 5.25. The highest BCUT2D eigenvalue weighted by atomic mass is 79.9. The predicted molar refractivity (Wildman–Crippen MR) is 91.9 cm³/mol. The molecule has 4 heteroatoms. The van der Waals surface area contributed by atoms with Crippen LogP contribution in [0, 0.1) is 0 Å². The average molecular weight is 349 g/mol. The molecule has 2 aromatic carbocycles. The van der Waals surface area contributed by atoms with Crippen LogP contribution < -0.4 is 10.1 Å². The van der Waals surface area contributed by atoms with Gasteiger partial charge in [0, 0.05) is 28.8 Å². The summed E-state index contributed by atoms with van der Waals surface area (Å²) in [6.45, 7) is 1.67. The van der Waals surface area contributed by atoms with E-state index in [0.29, 0.717) is 0 Å². The zero-order chi connectivity index (χ0) is 15.2. The number of hydrogen-bond donors (Lipinski definition) is 1. The SMILES string of the molecule is COc1ccc(Br)cc1CNc1cccc(CN(C)C)c1. The van der Waals surface area contributed by atoms with E-state index in [0.717, 1.165) is 34.6 Å². The molecule has 0 amide bonds. The third-order valence-corrected chi connectivity index (χ3v) is 3.64. The van der Waals surface area contributed by atoms with Gasteiger partial charge < -0.3 is 15.0 Å². The molecule has 0 aliphatic rings. The Hall–Kier alpha value is -1.52. The van der Waals surface area contributed by atoms with Crippen LogP contribution in [0.3, 0.4) is 0 Å².